The number of anilines is 6. The molecule has 0 radical (unpaired) electrons. The number of rotatable bonds is 2. The van der Waals surface area contributed by atoms with Gasteiger partial charge in [-0.1, -0.05) is 133 Å². The van der Waals surface area contributed by atoms with E-state index >= 15 is 0 Å². The molecule has 0 saturated carbocycles. The van der Waals surface area contributed by atoms with Crippen molar-refractivity contribution in [1.82, 2.24) is 0 Å². The van der Waals surface area contributed by atoms with Gasteiger partial charge in [-0.15, -0.1) is 0 Å². The van der Waals surface area contributed by atoms with Crippen molar-refractivity contribution in [2.75, 3.05) is 9.80 Å². The Kier molecular flexibility index (Phi) is 7.53. The third-order valence-corrected chi connectivity index (χ3v) is 12.4. The molecule has 272 valence electrons. The summed E-state index contributed by atoms with van der Waals surface area (Å²) in [5.41, 5.74) is 21.9. The van der Waals surface area contributed by atoms with Crippen LogP contribution >= 0.6 is 0 Å². The van der Waals surface area contributed by atoms with E-state index in [2.05, 4.69) is 199 Å². The van der Waals surface area contributed by atoms with Crippen LogP contribution in [0.5, 0.6) is 0 Å². The van der Waals surface area contributed by atoms with E-state index < -0.39 is 0 Å². The van der Waals surface area contributed by atoms with Gasteiger partial charge in [-0.3, -0.25) is 0 Å². The van der Waals surface area contributed by atoms with Gasteiger partial charge in [-0.25, -0.2) is 0 Å². The highest BCUT2D eigenvalue weighted by atomic mass is 15.2. The maximum atomic E-state index is 2.60. The van der Waals surface area contributed by atoms with Gasteiger partial charge in [0, 0.05) is 39.5 Å². The maximum absolute atomic E-state index is 2.60. The fourth-order valence-corrected chi connectivity index (χ4v) is 9.81. The molecule has 0 saturated heterocycles. The van der Waals surface area contributed by atoms with Crippen molar-refractivity contribution >= 4 is 57.2 Å². The highest BCUT2D eigenvalue weighted by Crippen LogP contribution is 2.53. The van der Waals surface area contributed by atoms with Crippen LogP contribution in [0.2, 0.25) is 0 Å². The quantitative estimate of drug-likeness (QED) is 0.166. The lowest BCUT2D eigenvalue weighted by Gasteiger charge is -2.53. The molecule has 0 spiro atoms. The van der Waals surface area contributed by atoms with E-state index in [0.717, 1.165) is 0 Å². The molecule has 2 nitrogen and oxygen atoms in total. The van der Waals surface area contributed by atoms with Crippen LogP contribution in [0.4, 0.5) is 34.1 Å². The van der Waals surface area contributed by atoms with E-state index in [1.165, 1.54) is 89.5 Å². The molecule has 53 heavy (non-hydrogen) atoms. The Labute approximate surface area is 320 Å². The fraction of sp³-hybridized carbons (Fsp3) is 0.400. The standard InChI is InChI=1S/C50H59BN2/c1-30-28-39-43-40(29-30)53(34-22-18-32(19-23-34)47(5,6)7)38-27-25-36(49(11,12)13)42-45(38)51(43)44-37(26-24-35(48(8,9)10)41(44)50(42,14)15)52(39)33-20-16-31(17-21-33)46(2,3)4/h16-29H,1-15H3. The molecule has 3 aliphatic heterocycles. The first kappa shape index (κ1) is 35.8. The van der Waals surface area contributed by atoms with E-state index in [1.807, 2.05) is 0 Å². The highest BCUT2D eigenvalue weighted by molar-refractivity contribution is 7.01. The first-order chi connectivity index (χ1) is 24.5. The molecule has 8 rings (SSSR count). The Morgan fingerprint density at radius 1 is 0.434 bits per heavy atom. The molecule has 0 bridgehead atoms. The summed E-state index contributed by atoms with van der Waals surface area (Å²) in [5.74, 6) is 0. The van der Waals surface area contributed by atoms with E-state index in [-0.39, 0.29) is 33.8 Å². The largest absolute Gasteiger partial charge is 0.311 e. The monoisotopic (exact) mass is 698 g/mol. The second-order valence-corrected chi connectivity index (χ2v) is 20.9. The lowest BCUT2D eigenvalue weighted by molar-refractivity contribution is 0.529. The van der Waals surface area contributed by atoms with Gasteiger partial charge in [0.05, 0.1) is 0 Å². The smallest absolute Gasteiger partial charge is 0.252 e. The number of aryl methyl sites for hydroxylation is 1. The summed E-state index contributed by atoms with van der Waals surface area (Å²) in [5, 5.41) is 0. The van der Waals surface area contributed by atoms with Crippen molar-refractivity contribution in [2.45, 2.75) is 131 Å². The SMILES string of the molecule is Cc1cc2c3c(c1)N(c1ccc(C(C)(C)C)cc1)c1ccc(C(C)(C)C)c4c1B3c1c(ccc(C(C)(C)C)c1C4(C)C)N2c1ccc(C(C)(C)C)cc1. The third-order valence-electron chi connectivity index (χ3n) is 12.4. The summed E-state index contributed by atoms with van der Waals surface area (Å²) in [6.45, 7) is 35.7. The van der Waals surface area contributed by atoms with E-state index in [0.29, 0.717) is 0 Å². The number of hydrogen-bond donors (Lipinski definition) is 0. The second-order valence-electron chi connectivity index (χ2n) is 20.9. The third kappa shape index (κ3) is 5.27. The van der Waals surface area contributed by atoms with E-state index in [4.69, 9.17) is 0 Å². The van der Waals surface area contributed by atoms with Gasteiger partial charge in [-0.2, -0.15) is 0 Å². The maximum Gasteiger partial charge on any atom is 0.252 e. The minimum absolute atomic E-state index is 0.0241. The Morgan fingerprint density at radius 2 is 0.792 bits per heavy atom. The predicted molar refractivity (Wildman–Crippen MR) is 232 cm³/mol. The number of benzene rings is 5. The molecule has 0 N–H and O–H groups in total. The molecule has 5 aromatic rings. The highest BCUT2D eigenvalue weighted by Gasteiger charge is 2.53. The zero-order valence-electron chi connectivity index (χ0n) is 35.1. The number of nitrogens with zero attached hydrogens (tertiary/aromatic N) is 2. The summed E-state index contributed by atoms with van der Waals surface area (Å²) in [7, 11) is 0. The zero-order valence-corrected chi connectivity index (χ0v) is 35.1. The van der Waals surface area contributed by atoms with Crippen molar-refractivity contribution in [2.24, 2.45) is 0 Å². The Morgan fingerprint density at radius 3 is 1.11 bits per heavy atom. The summed E-state index contributed by atoms with van der Waals surface area (Å²) >= 11 is 0. The molecule has 0 aliphatic carbocycles. The summed E-state index contributed by atoms with van der Waals surface area (Å²) in [4.78, 5) is 5.20. The molecule has 0 atom stereocenters. The Balaban J connectivity index is 1.54. The summed E-state index contributed by atoms with van der Waals surface area (Å²) < 4.78 is 0. The molecular weight excluding hydrogens is 639 g/mol. The van der Waals surface area contributed by atoms with Crippen molar-refractivity contribution in [3.05, 3.63) is 124 Å². The molecule has 0 fully saturated rings. The van der Waals surface area contributed by atoms with Gasteiger partial charge in [0.25, 0.3) is 6.71 Å². The average molecular weight is 699 g/mol. The van der Waals surface area contributed by atoms with E-state index in [1.54, 1.807) is 0 Å². The minimum Gasteiger partial charge on any atom is -0.311 e. The summed E-state index contributed by atoms with van der Waals surface area (Å²) in [6.07, 6.45) is 0. The first-order valence-corrected chi connectivity index (χ1v) is 19.8. The minimum atomic E-state index is -0.234. The second kappa shape index (κ2) is 11.2. The van der Waals surface area contributed by atoms with Crippen LogP contribution in [0.15, 0.2) is 84.9 Å². The van der Waals surface area contributed by atoms with Gasteiger partial charge in [0.1, 0.15) is 0 Å². The molecule has 5 aromatic carbocycles. The van der Waals surface area contributed by atoms with Crippen molar-refractivity contribution in [1.29, 1.82) is 0 Å². The van der Waals surface area contributed by atoms with Crippen LogP contribution in [-0.2, 0) is 27.1 Å². The lowest BCUT2D eigenvalue weighted by Crippen LogP contribution is -2.68. The molecule has 3 heteroatoms. The van der Waals surface area contributed by atoms with Gasteiger partial charge in [0.2, 0.25) is 0 Å². The van der Waals surface area contributed by atoms with Crippen LogP contribution in [-0.4, -0.2) is 6.71 Å². The van der Waals surface area contributed by atoms with Gasteiger partial charge >= 0.3 is 0 Å². The van der Waals surface area contributed by atoms with Crippen LogP contribution < -0.4 is 26.2 Å². The van der Waals surface area contributed by atoms with Crippen molar-refractivity contribution in [3.8, 4) is 0 Å². The Hall–Kier alpha value is -4.24. The number of hydrogen-bond acceptors (Lipinski definition) is 2. The molecular formula is C50H59BN2. The molecule has 0 unspecified atom stereocenters. The summed E-state index contributed by atoms with van der Waals surface area (Å²) in [6, 6.07) is 33.5. The van der Waals surface area contributed by atoms with Crippen LogP contribution in [0.25, 0.3) is 0 Å². The average Bonchev–Trinajstić information content (AvgIpc) is 3.05. The molecule has 3 heterocycles. The fourth-order valence-electron chi connectivity index (χ4n) is 9.81. The Bertz CT molecular complexity index is 2140. The van der Waals surface area contributed by atoms with Crippen LogP contribution in [0.1, 0.15) is 136 Å². The predicted octanol–water partition coefficient (Wildman–Crippen LogP) is 11.9. The first-order valence-electron chi connectivity index (χ1n) is 19.8. The zero-order chi connectivity index (χ0) is 38.4. The van der Waals surface area contributed by atoms with Gasteiger partial charge in [-0.05, 0) is 132 Å². The van der Waals surface area contributed by atoms with Crippen molar-refractivity contribution in [3.63, 3.8) is 0 Å². The molecule has 3 aliphatic rings. The normalized spacial score (nSPS) is 15.9. The van der Waals surface area contributed by atoms with Gasteiger partial charge < -0.3 is 9.80 Å². The van der Waals surface area contributed by atoms with E-state index in [9.17, 15) is 0 Å². The molecule has 0 aromatic heterocycles. The van der Waals surface area contributed by atoms with Gasteiger partial charge in [0.15, 0.2) is 0 Å². The topological polar surface area (TPSA) is 6.48 Å². The van der Waals surface area contributed by atoms with Crippen molar-refractivity contribution < 1.29 is 0 Å². The molecule has 0 amide bonds. The lowest BCUT2D eigenvalue weighted by atomic mass is 9.28. The van der Waals surface area contributed by atoms with Crippen LogP contribution in [0.3, 0.4) is 0 Å². The van der Waals surface area contributed by atoms with Crippen LogP contribution in [0, 0.1) is 6.92 Å².